The summed E-state index contributed by atoms with van der Waals surface area (Å²) in [5.41, 5.74) is 0.791. The summed E-state index contributed by atoms with van der Waals surface area (Å²) in [7, 11) is 0. The van der Waals surface area contributed by atoms with Gasteiger partial charge in [-0.15, -0.1) is 11.3 Å². The highest BCUT2D eigenvalue weighted by Gasteiger charge is 2.41. The van der Waals surface area contributed by atoms with E-state index in [1.807, 2.05) is 0 Å². The number of nitrogens with zero attached hydrogens (tertiary/aromatic N) is 1. The van der Waals surface area contributed by atoms with Crippen LogP contribution in [0.15, 0.2) is 40.2 Å². The SMILES string of the molecule is O=C1c2ccccc2N[C@@H](c2cc(Br)cs2)N1CC(F)(F)F. The lowest BCUT2D eigenvalue weighted by Crippen LogP contribution is -2.47. The molecule has 22 heavy (non-hydrogen) atoms. The molecule has 1 aromatic heterocycles. The number of para-hydroxylation sites is 1. The Kier molecular flexibility index (Phi) is 3.90. The molecule has 0 unspecified atom stereocenters. The van der Waals surface area contributed by atoms with E-state index in [4.69, 9.17) is 0 Å². The van der Waals surface area contributed by atoms with Crippen LogP contribution in [0.4, 0.5) is 18.9 Å². The van der Waals surface area contributed by atoms with Gasteiger partial charge in [0.15, 0.2) is 0 Å². The first kappa shape index (κ1) is 15.4. The molecule has 2 heterocycles. The molecule has 1 N–H and O–H groups in total. The zero-order valence-corrected chi connectivity index (χ0v) is 13.4. The third-order valence-corrected chi connectivity index (χ3v) is 4.98. The number of nitrogens with one attached hydrogen (secondary N) is 1. The van der Waals surface area contributed by atoms with Crippen molar-refractivity contribution >= 4 is 38.9 Å². The van der Waals surface area contributed by atoms with E-state index >= 15 is 0 Å². The Balaban J connectivity index is 2.04. The van der Waals surface area contributed by atoms with Gasteiger partial charge in [0.2, 0.25) is 0 Å². The van der Waals surface area contributed by atoms with Crippen molar-refractivity contribution in [2.24, 2.45) is 0 Å². The summed E-state index contributed by atoms with van der Waals surface area (Å²) in [6, 6.07) is 8.29. The number of benzene rings is 1. The van der Waals surface area contributed by atoms with Crippen LogP contribution in [0.5, 0.6) is 0 Å². The molecule has 8 heteroatoms. The molecule has 3 rings (SSSR count). The second-order valence-electron chi connectivity index (χ2n) is 4.81. The van der Waals surface area contributed by atoms with E-state index in [9.17, 15) is 18.0 Å². The number of thiophene rings is 1. The number of hydrogen-bond acceptors (Lipinski definition) is 3. The number of carbonyl (C=O) groups is 1. The minimum atomic E-state index is -4.46. The normalized spacial score (nSPS) is 18.1. The molecule has 1 aromatic carbocycles. The van der Waals surface area contributed by atoms with E-state index in [1.165, 1.54) is 17.4 Å². The lowest BCUT2D eigenvalue weighted by Gasteiger charge is -2.37. The fourth-order valence-electron chi connectivity index (χ4n) is 2.35. The number of carbonyl (C=O) groups excluding carboxylic acids is 1. The van der Waals surface area contributed by atoms with Gasteiger partial charge in [0.05, 0.1) is 5.56 Å². The predicted molar refractivity (Wildman–Crippen MR) is 81.9 cm³/mol. The standard InChI is InChI=1S/C14H10BrF3N2OS/c15-8-5-11(22-6-8)12-19-10-4-2-1-3-9(10)13(21)20(12)7-14(16,17)18/h1-6,12,19H,7H2/t12-/m1/s1. The Morgan fingerprint density at radius 3 is 2.68 bits per heavy atom. The summed E-state index contributed by atoms with van der Waals surface area (Å²) in [5.74, 6) is -0.624. The van der Waals surface area contributed by atoms with Crippen molar-refractivity contribution in [3.63, 3.8) is 0 Å². The third kappa shape index (κ3) is 2.98. The Morgan fingerprint density at radius 2 is 2.05 bits per heavy atom. The summed E-state index contributed by atoms with van der Waals surface area (Å²) in [6.45, 7) is -1.30. The molecule has 0 aliphatic carbocycles. The number of amides is 1. The van der Waals surface area contributed by atoms with Gasteiger partial charge in [-0.1, -0.05) is 12.1 Å². The average Bonchev–Trinajstić information content (AvgIpc) is 2.87. The maximum atomic E-state index is 12.9. The molecule has 0 fully saturated rings. The van der Waals surface area contributed by atoms with Gasteiger partial charge in [-0.2, -0.15) is 13.2 Å². The summed E-state index contributed by atoms with van der Waals surface area (Å²) >= 11 is 4.58. The zero-order valence-electron chi connectivity index (χ0n) is 11.0. The molecule has 1 amide bonds. The van der Waals surface area contributed by atoms with E-state index in [1.54, 1.807) is 29.6 Å². The van der Waals surface area contributed by atoms with E-state index in [-0.39, 0.29) is 5.56 Å². The van der Waals surface area contributed by atoms with E-state index < -0.39 is 24.8 Å². The third-order valence-electron chi connectivity index (χ3n) is 3.23. The van der Waals surface area contributed by atoms with Gasteiger partial charge >= 0.3 is 6.18 Å². The summed E-state index contributed by atoms with van der Waals surface area (Å²) in [5, 5.41) is 4.80. The van der Waals surface area contributed by atoms with Crippen LogP contribution < -0.4 is 5.32 Å². The average molecular weight is 391 g/mol. The molecule has 0 saturated heterocycles. The van der Waals surface area contributed by atoms with Crippen molar-refractivity contribution < 1.29 is 18.0 Å². The lowest BCUT2D eigenvalue weighted by atomic mass is 10.1. The molecule has 1 atom stereocenters. The van der Waals surface area contributed by atoms with Gasteiger partial charge in [0, 0.05) is 20.4 Å². The molecule has 0 spiro atoms. The molecule has 1 aliphatic heterocycles. The highest BCUT2D eigenvalue weighted by atomic mass is 79.9. The van der Waals surface area contributed by atoms with Crippen LogP contribution >= 0.6 is 27.3 Å². The van der Waals surface area contributed by atoms with Crippen LogP contribution in [0.2, 0.25) is 0 Å². The first-order valence-electron chi connectivity index (χ1n) is 6.32. The van der Waals surface area contributed by atoms with E-state index in [0.29, 0.717) is 10.6 Å². The van der Waals surface area contributed by atoms with Gasteiger partial charge in [-0.3, -0.25) is 4.79 Å². The van der Waals surface area contributed by atoms with E-state index in [2.05, 4.69) is 21.2 Å². The Bertz CT molecular complexity index is 716. The van der Waals surface area contributed by atoms with Crippen LogP contribution in [-0.2, 0) is 0 Å². The first-order chi connectivity index (χ1) is 10.3. The monoisotopic (exact) mass is 390 g/mol. The fraction of sp³-hybridized carbons (Fsp3) is 0.214. The molecule has 0 bridgehead atoms. The van der Waals surface area contributed by atoms with Crippen molar-refractivity contribution in [2.75, 3.05) is 11.9 Å². The molecular weight excluding hydrogens is 381 g/mol. The minimum absolute atomic E-state index is 0.249. The van der Waals surface area contributed by atoms with Gasteiger partial charge in [-0.05, 0) is 34.1 Å². The second-order valence-corrected chi connectivity index (χ2v) is 6.67. The van der Waals surface area contributed by atoms with Gasteiger partial charge < -0.3 is 10.2 Å². The molecule has 1 aliphatic rings. The number of anilines is 1. The van der Waals surface area contributed by atoms with Crippen molar-refractivity contribution in [1.82, 2.24) is 4.90 Å². The fourth-order valence-corrected chi connectivity index (χ4v) is 3.85. The Labute approximate surface area is 136 Å². The summed E-state index contributed by atoms with van der Waals surface area (Å²) < 4.78 is 39.3. The van der Waals surface area contributed by atoms with Crippen LogP contribution in [0, 0.1) is 0 Å². The second kappa shape index (κ2) is 5.58. The number of alkyl halides is 3. The van der Waals surface area contributed by atoms with Crippen LogP contribution in [0.3, 0.4) is 0 Å². The predicted octanol–water partition coefficient (Wildman–Crippen LogP) is 4.64. The molecule has 2 aromatic rings. The van der Waals surface area contributed by atoms with Crippen LogP contribution in [0.1, 0.15) is 21.4 Å². The molecule has 0 radical (unpaired) electrons. The van der Waals surface area contributed by atoms with Gasteiger partial charge in [0.1, 0.15) is 12.7 Å². The maximum absolute atomic E-state index is 12.9. The topological polar surface area (TPSA) is 32.3 Å². The number of hydrogen-bond donors (Lipinski definition) is 1. The Morgan fingerprint density at radius 1 is 1.32 bits per heavy atom. The van der Waals surface area contributed by atoms with Gasteiger partial charge in [0.25, 0.3) is 5.91 Å². The lowest BCUT2D eigenvalue weighted by molar-refractivity contribution is -0.144. The maximum Gasteiger partial charge on any atom is 0.406 e. The molecule has 116 valence electrons. The molecule has 0 saturated carbocycles. The Hall–Kier alpha value is -1.54. The van der Waals surface area contributed by atoms with Crippen molar-refractivity contribution in [1.29, 1.82) is 0 Å². The van der Waals surface area contributed by atoms with Crippen molar-refractivity contribution in [2.45, 2.75) is 12.3 Å². The number of rotatable bonds is 2. The molecular formula is C14H10BrF3N2OS. The van der Waals surface area contributed by atoms with Crippen LogP contribution in [-0.4, -0.2) is 23.5 Å². The van der Waals surface area contributed by atoms with E-state index in [0.717, 1.165) is 9.37 Å². The van der Waals surface area contributed by atoms with Crippen molar-refractivity contribution in [3.05, 3.63) is 50.6 Å². The van der Waals surface area contributed by atoms with Gasteiger partial charge in [-0.25, -0.2) is 0 Å². The zero-order chi connectivity index (χ0) is 15.9. The minimum Gasteiger partial charge on any atom is -0.360 e. The highest BCUT2D eigenvalue weighted by molar-refractivity contribution is 9.10. The quantitative estimate of drug-likeness (QED) is 0.809. The van der Waals surface area contributed by atoms with Crippen LogP contribution in [0.25, 0.3) is 0 Å². The molecule has 3 nitrogen and oxygen atoms in total. The number of fused-ring (bicyclic) bond motifs is 1. The number of halogens is 4. The smallest absolute Gasteiger partial charge is 0.360 e. The van der Waals surface area contributed by atoms with Crippen molar-refractivity contribution in [3.8, 4) is 0 Å². The summed E-state index contributed by atoms with van der Waals surface area (Å²) in [6.07, 6.45) is -5.29. The first-order valence-corrected chi connectivity index (χ1v) is 7.99. The largest absolute Gasteiger partial charge is 0.406 e. The highest BCUT2D eigenvalue weighted by Crippen LogP contribution is 2.37. The summed E-state index contributed by atoms with van der Waals surface area (Å²) in [4.78, 5) is 13.9.